The highest BCUT2D eigenvalue weighted by Gasteiger charge is 2.15. The number of aromatic nitrogens is 2. The van der Waals surface area contributed by atoms with Crippen molar-refractivity contribution in [3.05, 3.63) is 22.9 Å². The van der Waals surface area contributed by atoms with Crippen LogP contribution in [-0.2, 0) is 0 Å². The van der Waals surface area contributed by atoms with Crippen molar-refractivity contribution < 1.29 is 8.83 Å². The summed E-state index contributed by atoms with van der Waals surface area (Å²) in [6, 6.07) is 1.74. The molecule has 0 aliphatic heterocycles. The van der Waals surface area contributed by atoms with Crippen LogP contribution in [0.3, 0.4) is 0 Å². The van der Waals surface area contributed by atoms with E-state index < -0.39 is 0 Å². The third-order valence-corrected chi connectivity index (χ3v) is 2.43. The Morgan fingerprint density at radius 2 is 2.29 bits per heavy atom. The average Bonchev–Trinajstić information content (AvgIpc) is 2.71. The van der Waals surface area contributed by atoms with Crippen molar-refractivity contribution in [1.29, 1.82) is 0 Å². The molecule has 0 aliphatic carbocycles. The molecule has 2 aromatic heterocycles. The molecule has 0 radical (unpaired) electrons. The molecule has 0 aliphatic rings. The van der Waals surface area contributed by atoms with Gasteiger partial charge in [-0.1, -0.05) is 0 Å². The van der Waals surface area contributed by atoms with Crippen molar-refractivity contribution >= 4 is 27.5 Å². The Labute approximate surface area is 93.4 Å². The summed E-state index contributed by atoms with van der Waals surface area (Å²) in [6.07, 6.45) is 1.54. The van der Waals surface area contributed by atoms with E-state index in [0.29, 0.717) is 16.5 Å². The molecular weight excluding hydrogens is 271 g/mol. The Bertz CT molecular complexity index is 438. The largest absolute Gasteiger partial charge is 0.457 e. The molecule has 2 rings (SSSR count). The van der Waals surface area contributed by atoms with Gasteiger partial charge in [-0.2, -0.15) is 0 Å². The second kappa shape index (κ2) is 3.74. The number of furan rings is 1. The van der Waals surface area contributed by atoms with Gasteiger partial charge in [0.1, 0.15) is 5.38 Å². The van der Waals surface area contributed by atoms with E-state index in [1.54, 1.807) is 13.0 Å². The van der Waals surface area contributed by atoms with Crippen LogP contribution in [0.25, 0.3) is 11.5 Å². The Balaban J connectivity index is 2.39. The molecule has 0 saturated heterocycles. The van der Waals surface area contributed by atoms with Crippen molar-refractivity contribution in [2.75, 3.05) is 0 Å². The maximum absolute atomic E-state index is 5.79. The minimum absolute atomic E-state index is 0.290. The van der Waals surface area contributed by atoms with E-state index in [1.807, 2.05) is 0 Å². The van der Waals surface area contributed by atoms with E-state index >= 15 is 0 Å². The lowest BCUT2D eigenvalue weighted by Crippen LogP contribution is -1.81. The van der Waals surface area contributed by atoms with Gasteiger partial charge in [0, 0.05) is 0 Å². The molecule has 14 heavy (non-hydrogen) atoms. The van der Waals surface area contributed by atoms with E-state index in [9.17, 15) is 0 Å². The Morgan fingerprint density at radius 3 is 2.79 bits per heavy atom. The summed E-state index contributed by atoms with van der Waals surface area (Å²) in [7, 11) is 0. The molecule has 0 fully saturated rings. The maximum atomic E-state index is 5.79. The number of halogens is 2. The Morgan fingerprint density at radius 1 is 1.50 bits per heavy atom. The topological polar surface area (TPSA) is 52.1 Å². The van der Waals surface area contributed by atoms with E-state index in [2.05, 4.69) is 26.1 Å². The maximum Gasteiger partial charge on any atom is 0.252 e. The fourth-order valence-corrected chi connectivity index (χ4v) is 1.45. The lowest BCUT2D eigenvalue weighted by molar-refractivity contribution is 0.502. The zero-order chi connectivity index (χ0) is 10.1. The summed E-state index contributed by atoms with van der Waals surface area (Å²) >= 11 is 9.01. The summed E-state index contributed by atoms with van der Waals surface area (Å²) in [5.74, 6) is 0.794. The minimum atomic E-state index is -0.290. The highest BCUT2D eigenvalue weighted by atomic mass is 79.9. The molecule has 0 amide bonds. The van der Waals surface area contributed by atoms with Gasteiger partial charge < -0.3 is 8.83 Å². The lowest BCUT2D eigenvalue weighted by atomic mass is 10.3. The first kappa shape index (κ1) is 9.73. The van der Waals surface area contributed by atoms with Crippen molar-refractivity contribution in [1.82, 2.24) is 10.2 Å². The summed E-state index contributed by atoms with van der Waals surface area (Å²) in [6.45, 7) is 1.77. The van der Waals surface area contributed by atoms with Crippen LogP contribution in [-0.4, -0.2) is 10.2 Å². The van der Waals surface area contributed by atoms with Gasteiger partial charge >= 0.3 is 0 Å². The summed E-state index contributed by atoms with van der Waals surface area (Å²) < 4.78 is 10.9. The first-order valence-corrected chi connectivity index (χ1v) is 5.12. The van der Waals surface area contributed by atoms with Crippen LogP contribution in [0.2, 0.25) is 0 Å². The highest BCUT2D eigenvalue weighted by Crippen LogP contribution is 2.29. The van der Waals surface area contributed by atoms with Gasteiger partial charge in [0.15, 0.2) is 4.67 Å². The van der Waals surface area contributed by atoms with Crippen LogP contribution in [0.1, 0.15) is 18.2 Å². The van der Waals surface area contributed by atoms with E-state index in [1.165, 1.54) is 6.26 Å². The van der Waals surface area contributed by atoms with Crippen molar-refractivity contribution in [2.45, 2.75) is 12.3 Å². The van der Waals surface area contributed by atoms with E-state index in [4.69, 9.17) is 20.4 Å². The fourth-order valence-electron chi connectivity index (χ4n) is 0.950. The zero-order valence-electron chi connectivity index (χ0n) is 7.20. The highest BCUT2D eigenvalue weighted by molar-refractivity contribution is 9.10. The smallest absolute Gasteiger partial charge is 0.252 e. The van der Waals surface area contributed by atoms with Crippen LogP contribution in [0, 0.1) is 0 Å². The van der Waals surface area contributed by atoms with Gasteiger partial charge in [-0.05, 0) is 28.9 Å². The molecule has 0 bridgehead atoms. The van der Waals surface area contributed by atoms with Crippen LogP contribution in [0.4, 0.5) is 0 Å². The predicted molar refractivity (Wildman–Crippen MR) is 54.0 cm³/mol. The molecule has 6 heteroatoms. The van der Waals surface area contributed by atoms with Gasteiger partial charge in [0.05, 0.1) is 11.8 Å². The molecule has 2 heterocycles. The van der Waals surface area contributed by atoms with Gasteiger partial charge in [0.25, 0.3) is 5.89 Å². The molecule has 1 atom stereocenters. The van der Waals surface area contributed by atoms with E-state index in [0.717, 1.165) is 5.56 Å². The van der Waals surface area contributed by atoms with Crippen LogP contribution in [0.5, 0.6) is 0 Å². The van der Waals surface area contributed by atoms with Crippen molar-refractivity contribution in [2.24, 2.45) is 0 Å². The standard InChI is InChI=1S/C8H6BrClN2O2/c1-4(10)7-11-12-8(14-7)5-2-3-13-6(5)9/h2-4H,1H3. The normalized spacial score (nSPS) is 13.1. The van der Waals surface area contributed by atoms with E-state index in [-0.39, 0.29) is 5.38 Å². The van der Waals surface area contributed by atoms with Gasteiger partial charge in [0.2, 0.25) is 5.89 Å². The van der Waals surface area contributed by atoms with Crippen LogP contribution >= 0.6 is 27.5 Å². The average molecular weight is 278 g/mol. The fraction of sp³-hybridized carbons (Fsp3) is 0.250. The summed E-state index contributed by atoms with van der Waals surface area (Å²) in [5, 5.41) is 7.36. The number of hydrogen-bond donors (Lipinski definition) is 0. The number of hydrogen-bond acceptors (Lipinski definition) is 4. The summed E-state index contributed by atoms with van der Waals surface area (Å²) in [4.78, 5) is 0. The molecule has 4 nitrogen and oxygen atoms in total. The minimum Gasteiger partial charge on any atom is -0.457 e. The molecule has 2 aromatic rings. The number of alkyl halides is 1. The zero-order valence-corrected chi connectivity index (χ0v) is 9.54. The number of nitrogens with zero attached hydrogens (tertiary/aromatic N) is 2. The first-order valence-electron chi connectivity index (χ1n) is 3.89. The van der Waals surface area contributed by atoms with Crippen LogP contribution < -0.4 is 0 Å². The van der Waals surface area contributed by atoms with Gasteiger partial charge in [-0.3, -0.25) is 0 Å². The third kappa shape index (κ3) is 1.69. The Hall–Kier alpha value is -0.810. The first-order chi connectivity index (χ1) is 6.68. The molecule has 0 N–H and O–H groups in total. The summed E-state index contributed by atoms with van der Waals surface area (Å²) in [5.41, 5.74) is 0.723. The predicted octanol–water partition coefficient (Wildman–Crippen LogP) is 3.39. The molecule has 0 spiro atoms. The molecule has 0 aromatic carbocycles. The third-order valence-electron chi connectivity index (χ3n) is 1.63. The number of rotatable bonds is 2. The second-order valence-electron chi connectivity index (χ2n) is 2.67. The van der Waals surface area contributed by atoms with Crippen molar-refractivity contribution in [3.63, 3.8) is 0 Å². The van der Waals surface area contributed by atoms with Crippen LogP contribution in [0.15, 0.2) is 25.8 Å². The van der Waals surface area contributed by atoms with Gasteiger partial charge in [-0.25, -0.2) is 0 Å². The van der Waals surface area contributed by atoms with Crippen molar-refractivity contribution in [3.8, 4) is 11.5 Å². The molecule has 0 saturated carbocycles. The molecule has 1 unspecified atom stereocenters. The monoisotopic (exact) mass is 276 g/mol. The lowest BCUT2D eigenvalue weighted by Gasteiger charge is -1.92. The quantitative estimate of drug-likeness (QED) is 0.790. The van der Waals surface area contributed by atoms with Gasteiger partial charge in [-0.15, -0.1) is 21.8 Å². The molecule has 74 valence electrons. The SMILES string of the molecule is CC(Cl)c1nnc(-c2ccoc2Br)o1. The Kier molecular flexibility index (Phi) is 2.60. The molecular formula is C8H6BrClN2O2. The second-order valence-corrected chi connectivity index (χ2v) is 4.04.